The van der Waals surface area contributed by atoms with Crippen molar-refractivity contribution >= 4 is 34.6 Å². The van der Waals surface area contributed by atoms with Crippen molar-refractivity contribution in [3.8, 4) is 0 Å². The Hall–Kier alpha value is -3.40. The third-order valence-electron chi connectivity index (χ3n) is 5.13. The number of hydrogen-bond acceptors (Lipinski definition) is 5. The first-order valence-corrected chi connectivity index (χ1v) is 9.75. The fourth-order valence-electron chi connectivity index (χ4n) is 3.58. The first-order valence-electron chi connectivity index (χ1n) is 9.75. The van der Waals surface area contributed by atoms with Gasteiger partial charge in [-0.3, -0.25) is 14.4 Å². The topological polar surface area (TPSA) is 166 Å². The highest BCUT2D eigenvalue weighted by Crippen LogP contribution is 2.19. The molecule has 10 nitrogen and oxygen atoms in total. The number of nitrogens with two attached hydrogens (primary N) is 1. The average molecular weight is 415 g/mol. The Morgan fingerprint density at radius 2 is 1.93 bits per heavy atom. The minimum atomic E-state index is -1.47. The van der Waals surface area contributed by atoms with Gasteiger partial charge in [0.15, 0.2) is 0 Å². The van der Waals surface area contributed by atoms with Gasteiger partial charge < -0.3 is 31.8 Å². The van der Waals surface area contributed by atoms with Crippen LogP contribution < -0.4 is 21.7 Å². The number of primary amides is 1. The number of nitrogens with one attached hydrogen (secondary N) is 4. The summed E-state index contributed by atoms with van der Waals surface area (Å²) in [6.07, 6.45) is 2.88. The molecule has 0 bridgehead atoms. The molecule has 3 amide bonds. The minimum absolute atomic E-state index is 0.150. The molecule has 30 heavy (non-hydrogen) atoms. The van der Waals surface area contributed by atoms with Crippen LogP contribution in [0.5, 0.6) is 0 Å². The SMILES string of the molecule is NC(=O)C[C@H](NC(=O)[C@H](Cc1c[nH]c2ccccc12)NC(=O)[C@@H]1CCCN1)C(=O)O. The molecule has 1 fully saturated rings. The highest BCUT2D eigenvalue weighted by molar-refractivity contribution is 5.94. The molecule has 2 heterocycles. The number of carboxylic acids is 1. The number of amides is 3. The lowest BCUT2D eigenvalue weighted by Gasteiger charge is -2.22. The van der Waals surface area contributed by atoms with Crippen molar-refractivity contribution in [3.63, 3.8) is 0 Å². The van der Waals surface area contributed by atoms with Crippen molar-refractivity contribution < 1.29 is 24.3 Å². The van der Waals surface area contributed by atoms with E-state index in [2.05, 4.69) is 20.9 Å². The number of hydrogen-bond donors (Lipinski definition) is 6. The van der Waals surface area contributed by atoms with Gasteiger partial charge in [-0.15, -0.1) is 0 Å². The van der Waals surface area contributed by atoms with Crippen LogP contribution in [0.15, 0.2) is 30.5 Å². The van der Waals surface area contributed by atoms with Crippen LogP contribution in [-0.4, -0.2) is 58.5 Å². The van der Waals surface area contributed by atoms with E-state index in [0.717, 1.165) is 29.4 Å². The van der Waals surface area contributed by atoms with Gasteiger partial charge in [-0.2, -0.15) is 0 Å². The molecule has 10 heteroatoms. The van der Waals surface area contributed by atoms with E-state index in [9.17, 15) is 24.3 Å². The first kappa shape index (κ1) is 21.3. The van der Waals surface area contributed by atoms with E-state index in [1.807, 2.05) is 24.3 Å². The predicted octanol–water partition coefficient (Wildman–Crippen LogP) is -0.608. The maximum absolute atomic E-state index is 12.9. The van der Waals surface area contributed by atoms with E-state index >= 15 is 0 Å². The number of aromatic nitrogens is 1. The van der Waals surface area contributed by atoms with Gasteiger partial charge in [0.2, 0.25) is 17.7 Å². The van der Waals surface area contributed by atoms with Crippen LogP contribution in [0.25, 0.3) is 10.9 Å². The second-order valence-corrected chi connectivity index (χ2v) is 7.34. The molecular formula is C20H25N5O5. The Kier molecular flexibility index (Phi) is 6.68. The molecule has 1 aromatic carbocycles. The monoisotopic (exact) mass is 415 g/mol. The molecule has 1 saturated heterocycles. The number of carbonyl (C=O) groups excluding carboxylic acids is 3. The number of carbonyl (C=O) groups is 4. The summed E-state index contributed by atoms with van der Waals surface area (Å²) < 4.78 is 0. The van der Waals surface area contributed by atoms with Crippen molar-refractivity contribution in [1.82, 2.24) is 20.9 Å². The smallest absolute Gasteiger partial charge is 0.326 e. The van der Waals surface area contributed by atoms with Gasteiger partial charge in [0.1, 0.15) is 12.1 Å². The van der Waals surface area contributed by atoms with Crippen molar-refractivity contribution in [3.05, 3.63) is 36.0 Å². The third kappa shape index (κ3) is 5.15. The fourth-order valence-corrected chi connectivity index (χ4v) is 3.58. The van der Waals surface area contributed by atoms with Crippen molar-refractivity contribution in [2.24, 2.45) is 5.73 Å². The molecule has 0 unspecified atom stereocenters. The van der Waals surface area contributed by atoms with Crippen LogP contribution in [0.1, 0.15) is 24.8 Å². The number of benzene rings is 1. The van der Waals surface area contributed by atoms with Gasteiger partial charge in [-0.05, 0) is 31.0 Å². The van der Waals surface area contributed by atoms with Crippen LogP contribution >= 0.6 is 0 Å². The van der Waals surface area contributed by atoms with Gasteiger partial charge >= 0.3 is 5.97 Å². The van der Waals surface area contributed by atoms with E-state index in [4.69, 9.17) is 5.73 Å². The molecule has 2 aromatic rings. The number of aliphatic carboxylic acids is 1. The first-order chi connectivity index (χ1) is 14.3. The Bertz CT molecular complexity index is 950. The average Bonchev–Trinajstić information content (AvgIpc) is 3.37. The number of aromatic amines is 1. The van der Waals surface area contributed by atoms with E-state index in [1.165, 1.54) is 0 Å². The van der Waals surface area contributed by atoms with Crippen LogP contribution in [0.4, 0.5) is 0 Å². The van der Waals surface area contributed by atoms with E-state index in [0.29, 0.717) is 6.42 Å². The molecule has 0 saturated carbocycles. The minimum Gasteiger partial charge on any atom is -0.480 e. The summed E-state index contributed by atoms with van der Waals surface area (Å²) >= 11 is 0. The molecule has 0 aliphatic carbocycles. The van der Waals surface area contributed by atoms with Crippen LogP contribution in [0.2, 0.25) is 0 Å². The molecule has 1 aliphatic heterocycles. The number of carboxylic acid groups (broad SMARTS) is 1. The number of fused-ring (bicyclic) bond motifs is 1. The zero-order valence-electron chi connectivity index (χ0n) is 16.3. The Balaban J connectivity index is 1.80. The van der Waals surface area contributed by atoms with Crippen LogP contribution in [0, 0.1) is 0 Å². The number of rotatable bonds is 9. The van der Waals surface area contributed by atoms with Gasteiger partial charge in [0.05, 0.1) is 12.5 Å². The molecule has 7 N–H and O–H groups in total. The number of H-pyrrole nitrogens is 1. The summed E-state index contributed by atoms with van der Waals surface area (Å²) in [6.45, 7) is 0.719. The zero-order chi connectivity index (χ0) is 21.7. The lowest BCUT2D eigenvalue weighted by atomic mass is 10.0. The summed E-state index contributed by atoms with van der Waals surface area (Å²) in [5.74, 6) is -3.25. The molecule has 1 aliphatic rings. The highest BCUT2D eigenvalue weighted by Gasteiger charge is 2.31. The number of para-hydroxylation sites is 1. The van der Waals surface area contributed by atoms with Crippen molar-refractivity contribution in [1.29, 1.82) is 0 Å². The fraction of sp³-hybridized carbons (Fsp3) is 0.400. The molecule has 3 rings (SSSR count). The Labute approximate surface area is 172 Å². The second-order valence-electron chi connectivity index (χ2n) is 7.34. The standard InChI is InChI=1S/C20H25N5O5/c21-17(26)9-16(20(29)30)25-19(28)15(24-18(27)14-6-3-7-22-14)8-11-10-23-13-5-2-1-4-12(11)13/h1-2,4-5,10,14-16,22-23H,3,6-9H2,(H2,21,26)(H,24,27)(H,25,28)(H,29,30)/t14-,15-,16-/m0/s1. The second kappa shape index (κ2) is 9.40. The van der Waals surface area contributed by atoms with Crippen molar-refractivity contribution in [2.75, 3.05) is 6.54 Å². The Morgan fingerprint density at radius 1 is 1.17 bits per heavy atom. The highest BCUT2D eigenvalue weighted by atomic mass is 16.4. The maximum Gasteiger partial charge on any atom is 0.326 e. The van der Waals surface area contributed by atoms with E-state index < -0.39 is 42.3 Å². The molecule has 0 radical (unpaired) electrons. The van der Waals surface area contributed by atoms with Gasteiger partial charge in [-0.25, -0.2) is 4.79 Å². The molecule has 160 valence electrons. The van der Waals surface area contributed by atoms with Gasteiger partial charge in [0.25, 0.3) is 0 Å². The predicted molar refractivity (Wildman–Crippen MR) is 108 cm³/mol. The molecule has 3 atom stereocenters. The van der Waals surface area contributed by atoms with Crippen LogP contribution in [-0.2, 0) is 25.6 Å². The Morgan fingerprint density at radius 3 is 2.60 bits per heavy atom. The quantitative estimate of drug-likeness (QED) is 0.320. The summed E-state index contributed by atoms with van der Waals surface area (Å²) in [6, 6.07) is 4.64. The third-order valence-corrected chi connectivity index (χ3v) is 5.13. The molecule has 0 spiro atoms. The van der Waals surface area contributed by atoms with E-state index in [1.54, 1.807) is 6.20 Å². The summed E-state index contributed by atoms with van der Waals surface area (Å²) in [4.78, 5) is 51.1. The summed E-state index contributed by atoms with van der Waals surface area (Å²) in [5.41, 5.74) is 6.76. The largest absolute Gasteiger partial charge is 0.480 e. The van der Waals surface area contributed by atoms with Crippen molar-refractivity contribution in [2.45, 2.75) is 43.8 Å². The summed E-state index contributed by atoms with van der Waals surface area (Å²) in [5, 5.41) is 18.3. The maximum atomic E-state index is 12.9. The summed E-state index contributed by atoms with van der Waals surface area (Å²) in [7, 11) is 0. The normalized spacial score (nSPS) is 17.9. The van der Waals surface area contributed by atoms with Crippen LogP contribution in [0.3, 0.4) is 0 Å². The van der Waals surface area contributed by atoms with Gasteiger partial charge in [0, 0.05) is 23.5 Å². The lowest BCUT2D eigenvalue weighted by molar-refractivity contribution is -0.143. The lowest BCUT2D eigenvalue weighted by Crippen LogP contribution is -2.55. The molecular weight excluding hydrogens is 390 g/mol. The van der Waals surface area contributed by atoms with E-state index in [-0.39, 0.29) is 12.3 Å². The zero-order valence-corrected chi connectivity index (χ0v) is 16.3. The molecule has 1 aromatic heterocycles. The van der Waals surface area contributed by atoms with Gasteiger partial charge in [-0.1, -0.05) is 18.2 Å².